The van der Waals surface area contributed by atoms with E-state index in [2.05, 4.69) is 43.1 Å². The Labute approximate surface area is 210 Å². The van der Waals surface area contributed by atoms with E-state index in [-0.39, 0.29) is 23.1 Å². The minimum atomic E-state index is -0.0548. The first-order chi connectivity index (χ1) is 16.7. The van der Waals surface area contributed by atoms with Crippen LogP contribution in [0.2, 0.25) is 0 Å². The second-order valence-electron chi connectivity index (χ2n) is 9.65. The number of methoxy groups -OCH3 is 2. The van der Waals surface area contributed by atoms with Gasteiger partial charge in [-0.2, -0.15) is 0 Å². The van der Waals surface area contributed by atoms with Gasteiger partial charge in [0.2, 0.25) is 11.1 Å². The number of nitrogen functional groups attached to an aromatic ring is 1. The molecule has 186 valence electrons. The summed E-state index contributed by atoms with van der Waals surface area (Å²) in [6, 6.07) is 13.8. The summed E-state index contributed by atoms with van der Waals surface area (Å²) >= 11 is 1.30. The molecule has 8 nitrogen and oxygen atoms in total. The van der Waals surface area contributed by atoms with Crippen molar-refractivity contribution in [1.29, 1.82) is 0 Å². The van der Waals surface area contributed by atoms with Crippen LogP contribution in [-0.2, 0) is 10.2 Å². The first-order valence-corrected chi connectivity index (χ1v) is 12.7. The Morgan fingerprint density at radius 3 is 2.51 bits per heavy atom. The first-order valence-electron chi connectivity index (χ1n) is 11.7. The van der Waals surface area contributed by atoms with Crippen LogP contribution in [0.5, 0.6) is 11.5 Å². The topological polar surface area (TPSA) is 95.5 Å². The van der Waals surface area contributed by atoms with Crippen molar-refractivity contribution in [1.82, 2.24) is 19.8 Å². The molecule has 1 saturated heterocycles. The molecule has 1 aliphatic heterocycles. The van der Waals surface area contributed by atoms with Gasteiger partial charge in [-0.05, 0) is 42.0 Å². The molecule has 2 N–H and O–H groups in total. The van der Waals surface area contributed by atoms with Gasteiger partial charge in [-0.1, -0.05) is 56.8 Å². The Balaban J connectivity index is 1.46. The number of nitrogens with two attached hydrogens (primary N) is 1. The minimum absolute atomic E-state index is 0.0291. The number of aromatic nitrogens is 3. The lowest BCUT2D eigenvalue weighted by Crippen LogP contribution is -2.32. The predicted octanol–water partition coefficient (Wildman–Crippen LogP) is 4.43. The smallest absolute Gasteiger partial charge is 0.233 e. The van der Waals surface area contributed by atoms with Gasteiger partial charge in [0.25, 0.3) is 0 Å². The number of ether oxygens (including phenoxy) is 2. The molecule has 35 heavy (non-hydrogen) atoms. The molecule has 1 aliphatic rings. The van der Waals surface area contributed by atoms with Gasteiger partial charge in [0.05, 0.1) is 26.0 Å². The van der Waals surface area contributed by atoms with E-state index < -0.39 is 0 Å². The summed E-state index contributed by atoms with van der Waals surface area (Å²) in [4.78, 5) is 15.1. The molecular formula is C26H33N5O3S. The van der Waals surface area contributed by atoms with Crippen LogP contribution < -0.4 is 15.3 Å². The second-order valence-corrected chi connectivity index (χ2v) is 10.6. The average Bonchev–Trinajstić information content (AvgIpc) is 3.48. The van der Waals surface area contributed by atoms with Crippen molar-refractivity contribution in [2.24, 2.45) is 0 Å². The monoisotopic (exact) mass is 495 g/mol. The number of benzene rings is 2. The molecule has 2 heterocycles. The molecular weight excluding hydrogens is 462 g/mol. The molecule has 0 spiro atoms. The number of thioether (sulfide) groups is 1. The van der Waals surface area contributed by atoms with Crippen LogP contribution in [0.15, 0.2) is 47.6 Å². The molecule has 0 saturated carbocycles. The fraction of sp³-hybridized carbons (Fsp3) is 0.423. The summed E-state index contributed by atoms with van der Waals surface area (Å²) in [7, 11) is 3.28. The number of likely N-dealkylation sites (tertiary alicyclic amines) is 1. The zero-order chi connectivity index (χ0) is 25.2. The highest BCUT2D eigenvalue weighted by Crippen LogP contribution is 2.39. The molecule has 4 rings (SSSR count). The van der Waals surface area contributed by atoms with Gasteiger partial charge in [0.15, 0.2) is 5.82 Å². The van der Waals surface area contributed by atoms with Crippen LogP contribution in [0.4, 0.5) is 0 Å². The molecule has 1 unspecified atom stereocenters. The number of nitrogens with zero attached hydrogens (tertiary/aromatic N) is 4. The quantitative estimate of drug-likeness (QED) is 0.383. The highest BCUT2D eigenvalue weighted by Gasteiger charge is 2.32. The Bertz CT molecular complexity index is 1190. The molecule has 0 bridgehead atoms. The van der Waals surface area contributed by atoms with E-state index in [0.29, 0.717) is 17.5 Å². The SMILES string of the molecule is COc1ccc(OC)c(C2CCCN2C(=O)CSc2nnc(-c3ccc(C(C)(C)C)cc3)n2N)c1. The largest absolute Gasteiger partial charge is 0.497 e. The van der Waals surface area contributed by atoms with Gasteiger partial charge >= 0.3 is 0 Å². The molecule has 1 fully saturated rings. The lowest BCUT2D eigenvalue weighted by Gasteiger charge is -2.26. The summed E-state index contributed by atoms with van der Waals surface area (Å²) < 4.78 is 12.4. The highest BCUT2D eigenvalue weighted by atomic mass is 32.2. The van der Waals surface area contributed by atoms with Crippen molar-refractivity contribution < 1.29 is 14.3 Å². The minimum Gasteiger partial charge on any atom is -0.497 e. The number of hydrogen-bond acceptors (Lipinski definition) is 7. The maximum Gasteiger partial charge on any atom is 0.233 e. The second kappa shape index (κ2) is 10.2. The van der Waals surface area contributed by atoms with Crippen molar-refractivity contribution in [2.75, 3.05) is 32.4 Å². The van der Waals surface area contributed by atoms with Crippen molar-refractivity contribution in [3.8, 4) is 22.9 Å². The summed E-state index contributed by atoms with van der Waals surface area (Å²) in [5.74, 6) is 8.63. The van der Waals surface area contributed by atoms with Gasteiger partial charge < -0.3 is 20.2 Å². The maximum absolute atomic E-state index is 13.2. The van der Waals surface area contributed by atoms with Crippen LogP contribution in [-0.4, -0.2) is 52.2 Å². The molecule has 1 aromatic heterocycles. The van der Waals surface area contributed by atoms with E-state index in [0.717, 1.165) is 35.5 Å². The van der Waals surface area contributed by atoms with E-state index in [1.807, 2.05) is 35.2 Å². The van der Waals surface area contributed by atoms with Gasteiger partial charge in [-0.15, -0.1) is 10.2 Å². The van der Waals surface area contributed by atoms with Gasteiger partial charge in [0.1, 0.15) is 11.5 Å². The van der Waals surface area contributed by atoms with Crippen LogP contribution in [0.3, 0.4) is 0 Å². The lowest BCUT2D eigenvalue weighted by molar-refractivity contribution is -0.129. The third kappa shape index (κ3) is 5.24. The fourth-order valence-electron chi connectivity index (χ4n) is 4.39. The van der Waals surface area contributed by atoms with E-state index in [1.165, 1.54) is 22.0 Å². The molecule has 0 radical (unpaired) electrons. The number of carbonyl (C=O) groups is 1. The molecule has 2 aromatic carbocycles. The van der Waals surface area contributed by atoms with Crippen molar-refractivity contribution in [2.45, 2.75) is 50.2 Å². The zero-order valence-electron chi connectivity index (χ0n) is 20.9. The summed E-state index contributed by atoms with van der Waals surface area (Å²) in [5.41, 5.74) is 3.15. The van der Waals surface area contributed by atoms with Crippen LogP contribution >= 0.6 is 11.8 Å². The predicted molar refractivity (Wildman–Crippen MR) is 138 cm³/mol. The number of rotatable bonds is 7. The molecule has 3 aromatic rings. The standard InChI is InChI=1S/C26H33N5O3S/c1-26(2,3)18-10-8-17(9-11-18)24-28-29-25(31(24)27)35-16-23(32)30-14-6-7-21(30)20-15-19(33-4)12-13-22(20)34-5/h8-13,15,21H,6-7,14,16,27H2,1-5H3. The Hall–Kier alpha value is -3.20. The van der Waals surface area contributed by atoms with E-state index in [9.17, 15) is 4.79 Å². The molecule has 1 atom stereocenters. The lowest BCUT2D eigenvalue weighted by atomic mass is 9.87. The number of amides is 1. The summed E-state index contributed by atoms with van der Waals surface area (Å²) in [6.45, 7) is 7.22. The number of hydrogen-bond donors (Lipinski definition) is 1. The van der Waals surface area contributed by atoms with Crippen LogP contribution in [0.1, 0.15) is 50.8 Å². The van der Waals surface area contributed by atoms with Crippen molar-refractivity contribution in [3.63, 3.8) is 0 Å². The van der Waals surface area contributed by atoms with Gasteiger partial charge in [-0.25, -0.2) is 4.68 Å². The van der Waals surface area contributed by atoms with E-state index >= 15 is 0 Å². The third-order valence-corrected chi connectivity index (χ3v) is 7.30. The summed E-state index contributed by atoms with van der Waals surface area (Å²) in [6.07, 6.45) is 1.81. The van der Waals surface area contributed by atoms with Crippen molar-refractivity contribution in [3.05, 3.63) is 53.6 Å². The third-order valence-electron chi connectivity index (χ3n) is 6.37. The Morgan fingerprint density at radius 2 is 1.86 bits per heavy atom. The van der Waals surface area contributed by atoms with Gasteiger partial charge in [0, 0.05) is 17.7 Å². The normalized spacial score (nSPS) is 15.9. The number of carbonyl (C=O) groups excluding carboxylic acids is 1. The van der Waals surface area contributed by atoms with Crippen molar-refractivity contribution >= 4 is 17.7 Å². The van der Waals surface area contributed by atoms with Crippen LogP contribution in [0.25, 0.3) is 11.4 Å². The van der Waals surface area contributed by atoms with Gasteiger partial charge in [-0.3, -0.25) is 4.79 Å². The first kappa shape index (κ1) is 24.9. The molecule has 0 aliphatic carbocycles. The molecule has 1 amide bonds. The average molecular weight is 496 g/mol. The van der Waals surface area contributed by atoms with E-state index in [4.69, 9.17) is 15.3 Å². The summed E-state index contributed by atoms with van der Waals surface area (Å²) in [5, 5.41) is 9.00. The zero-order valence-corrected chi connectivity index (χ0v) is 21.8. The van der Waals surface area contributed by atoms with E-state index in [1.54, 1.807) is 14.2 Å². The Morgan fingerprint density at radius 1 is 1.11 bits per heavy atom. The fourth-order valence-corrected chi connectivity index (χ4v) is 5.13. The highest BCUT2D eigenvalue weighted by molar-refractivity contribution is 7.99. The molecule has 9 heteroatoms. The maximum atomic E-state index is 13.2. The Kier molecular flexibility index (Phi) is 7.25. The van der Waals surface area contributed by atoms with Crippen LogP contribution in [0, 0.1) is 0 Å².